The van der Waals surface area contributed by atoms with Crippen LogP contribution in [-0.4, -0.2) is 18.5 Å². The number of rotatable bonds is 4. The van der Waals surface area contributed by atoms with Gasteiger partial charge in [0.25, 0.3) is 0 Å². The van der Waals surface area contributed by atoms with Gasteiger partial charge in [-0.25, -0.2) is 0 Å². The highest BCUT2D eigenvalue weighted by Gasteiger charge is 2.30. The van der Waals surface area contributed by atoms with Crippen LogP contribution in [0, 0.1) is 5.92 Å². The molecule has 1 atom stereocenters. The zero-order chi connectivity index (χ0) is 10.7. The predicted molar refractivity (Wildman–Crippen MR) is 53.7 cm³/mol. The molecule has 0 bridgehead atoms. The maximum absolute atomic E-state index is 11.5. The van der Waals surface area contributed by atoms with E-state index in [4.69, 9.17) is 9.47 Å². The van der Waals surface area contributed by atoms with E-state index in [1.807, 2.05) is 0 Å². The van der Waals surface area contributed by atoms with Crippen LogP contribution in [0.15, 0.2) is 11.5 Å². The molecule has 0 aromatic heterocycles. The lowest BCUT2D eigenvalue weighted by Gasteiger charge is -2.07. The number of hydrogen-bond donors (Lipinski definition) is 0. The summed E-state index contributed by atoms with van der Waals surface area (Å²) >= 11 is 0. The van der Waals surface area contributed by atoms with E-state index in [1.54, 1.807) is 13.8 Å². The molecule has 0 aromatic carbocycles. The zero-order valence-electron chi connectivity index (χ0n) is 9.29. The van der Waals surface area contributed by atoms with Gasteiger partial charge in [0, 0.05) is 0 Å². The van der Waals surface area contributed by atoms with E-state index in [0.29, 0.717) is 24.0 Å². The maximum Gasteiger partial charge on any atom is 0.240 e. The van der Waals surface area contributed by atoms with Crippen molar-refractivity contribution in [3.05, 3.63) is 11.5 Å². The van der Waals surface area contributed by atoms with Gasteiger partial charge in [-0.1, -0.05) is 13.8 Å². The molecule has 0 aromatic rings. The Bertz CT molecular complexity index is 253. The predicted octanol–water partition coefficient (Wildman–Crippen LogP) is 2.27. The van der Waals surface area contributed by atoms with Gasteiger partial charge in [-0.3, -0.25) is 4.79 Å². The van der Waals surface area contributed by atoms with Crippen LogP contribution in [0.5, 0.6) is 0 Å². The van der Waals surface area contributed by atoms with Crippen molar-refractivity contribution in [2.45, 2.75) is 40.2 Å². The lowest BCUT2D eigenvalue weighted by atomic mass is 10.1. The minimum Gasteiger partial charge on any atom is -0.487 e. The Morgan fingerprint density at radius 1 is 1.50 bits per heavy atom. The number of allylic oxidation sites excluding steroid dienone is 1. The number of carbonyl (C=O) groups is 1. The Labute approximate surface area is 85.1 Å². The quantitative estimate of drug-likeness (QED) is 0.695. The standard InChI is InChI=1S/C11H18O3/c1-7(2)5-6-13-11-9(4)14-8(3)10(11)12/h7-8H,5-6H2,1-4H3. The Kier molecular flexibility index (Phi) is 3.55. The Hall–Kier alpha value is -0.990. The highest BCUT2D eigenvalue weighted by molar-refractivity contribution is 5.99. The first kappa shape index (κ1) is 11.1. The van der Waals surface area contributed by atoms with Gasteiger partial charge in [-0.05, 0) is 26.2 Å². The summed E-state index contributed by atoms with van der Waals surface area (Å²) in [6.07, 6.45) is 0.586. The first-order chi connectivity index (χ1) is 6.52. The summed E-state index contributed by atoms with van der Waals surface area (Å²) in [7, 11) is 0. The van der Waals surface area contributed by atoms with E-state index >= 15 is 0 Å². The van der Waals surface area contributed by atoms with Crippen LogP contribution in [0.25, 0.3) is 0 Å². The average Bonchev–Trinajstić information content (AvgIpc) is 2.31. The molecule has 0 fully saturated rings. The van der Waals surface area contributed by atoms with E-state index in [2.05, 4.69) is 13.8 Å². The van der Waals surface area contributed by atoms with E-state index in [9.17, 15) is 4.79 Å². The summed E-state index contributed by atoms with van der Waals surface area (Å²) in [5.41, 5.74) is 0. The molecule has 0 saturated heterocycles. The van der Waals surface area contributed by atoms with Crippen molar-refractivity contribution in [1.82, 2.24) is 0 Å². The number of carbonyl (C=O) groups excluding carboxylic acids is 1. The van der Waals surface area contributed by atoms with Gasteiger partial charge in [-0.2, -0.15) is 0 Å². The minimum atomic E-state index is -0.371. The first-order valence-electron chi connectivity index (χ1n) is 5.07. The fraction of sp³-hybridized carbons (Fsp3) is 0.727. The van der Waals surface area contributed by atoms with E-state index in [0.717, 1.165) is 6.42 Å². The Balaban J connectivity index is 2.44. The van der Waals surface area contributed by atoms with Crippen molar-refractivity contribution in [2.24, 2.45) is 5.92 Å². The molecule has 1 heterocycles. The van der Waals surface area contributed by atoms with Crippen molar-refractivity contribution in [3.8, 4) is 0 Å². The molecular weight excluding hydrogens is 180 g/mol. The van der Waals surface area contributed by atoms with Gasteiger partial charge in [0.2, 0.25) is 11.5 Å². The molecule has 3 heteroatoms. The molecule has 80 valence electrons. The van der Waals surface area contributed by atoms with Crippen LogP contribution in [-0.2, 0) is 14.3 Å². The second-order valence-electron chi connectivity index (χ2n) is 4.04. The normalized spacial score (nSPS) is 21.8. The Morgan fingerprint density at radius 3 is 2.57 bits per heavy atom. The summed E-state index contributed by atoms with van der Waals surface area (Å²) in [4.78, 5) is 11.5. The van der Waals surface area contributed by atoms with Gasteiger partial charge in [-0.15, -0.1) is 0 Å². The van der Waals surface area contributed by atoms with Gasteiger partial charge in [0.05, 0.1) is 6.61 Å². The Morgan fingerprint density at radius 2 is 2.14 bits per heavy atom. The van der Waals surface area contributed by atoms with Crippen molar-refractivity contribution in [1.29, 1.82) is 0 Å². The van der Waals surface area contributed by atoms with E-state index < -0.39 is 0 Å². The molecule has 0 saturated carbocycles. The number of Topliss-reactive ketones (excluding diaryl/α,β-unsaturated/α-hetero) is 1. The fourth-order valence-electron chi connectivity index (χ4n) is 1.30. The second-order valence-corrected chi connectivity index (χ2v) is 4.04. The molecule has 1 unspecified atom stereocenters. The van der Waals surface area contributed by atoms with Crippen molar-refractivity contribution in [3.63, 3.8) is 0 Å². The third-order valence-corrected chi connectivity index (χ3v) is 2.21. The molecule has 0 radical (unpaired) electrons. The third kappa shape index (κ3) is 2.50. The monoisotopic (exact) mass is 198 g/mol. The van der Waals surface area contributed by atoms with E-state index in [1.165, 1.54) is 0 Å². The minimum absolute atomic E-state index is 0.0359. The van der Waals surface area contributed by atoms with Gasteiger partial charge in [0.15, 0.2) is 6.10 Å². The molecule has 0 spiro atoms. The maximum atomic E-state index is 11.5. The zero-order valence-corrected chi connectivity index (χ0v) is 9.29. The van der Waals surface area contributed by atoms with Crippen LogP contribution in [0.3, 0.4) is 0 Å². The molecule has 1 aliphatic heterocycles. The average molecular weight is 198 g/mol. The lowest BCUT2D eigenvalue weighted by Crippen LogP contribution is -2.15. The van der Waals surface area contributed by atoms with Crippen LogP contribution < -0.4 is 0 Å². The van der Waals surface area contributed by atoms with Crippen molar-refractivity contribution >= 4 is 5.78 Å². The molecule has 14 heavy (non-hydrogen) atoms. The summed E-state index contributed by atoms with van der Waals surface area (Å²) in [6.45, 7) is 8.35. The lowest BCUT2D eigenvalue weighted by molar-refractivity contribution is -0.123. The largest absolute Gasteiger partial charge is 0.487 e. The summed E-state index contributed by atoms with van der Waals surface area (Å²) in [5.74, 6) is 1.58. The SMILES string of the molecule is CC1=C(OCCC(C)C)C(=O)C(C)O1. The highest BCUT2D eigenvalue weighted by Crippen LogP contribution is 2.22. The molecule has 0 N–H and O–H groups in total. The van der Waals surface area contributed by atoms with Crippen LogP contribution in [0.2, 0.25) is 0 Å². The highest BCUT2D eigenvalue weighted by atomic mass is 16.5. The van der Waals surface area contributed by atoms with Gasteiger partial charge >= 0.3 is 0 Å². The molecule has 3 nitrogen and oxygen atoms in total. The number of ketones is 1. The number of ether oxygens (including phenoxy) is 2. The molecular formula is C11H18O3. The third-order valence-electron chi connectivity index (χ3n) is 2.21. The van der Waals surface area contributed by atoms with Crippen LogP contribution in [0.1, 0.15) is 34.1 Å². The fourth-order valence-corrected chi connectivity index (χ4v) is 1.30. The molecule has 0 amide bonds. The second kappa shape index (κ2) is 4.49. The van der Waals surface area contributed by atoms with Crippen molar-refractivity contribution in [2.75, 3.05) is 6.61 Å². The molecule has 0 aliphatic carbocycles. The summed E-state index contributed by atoms with van der Waals surface area (Å²) < 4.78 is 10.7. The van der Waals surface area contributed by atoms with E-state index in [-0.39, 0.29) is 11.9 Å². The van der Waals surface area contributed by atoms with Gasteiger partial charge in [0.1, 0.15) is 5.76 Å². The summed E-state index contributed by atoms with van der Waals surface area (Å²) in [5, 5.41) is 0. The summed E-state index contributed by atoms with van der Waals surface area (Å²) in [6, 6.07) is 0. The topological polar surface area (TPSA) is 35.5 Å². The molecule has 1 rings (SSSR count). The number of hydrogen-bond acceptors (Lipinski definition) is 3. The first-order valence-corrected chi connectivity index (χ1v) is 5.07. The van der Waals surface area contributed by atoms with Crippen LogP contribution >= 0.6 is 0 Å². The molecule has 1 aliphatic rings. The van der Waals surface area contributed by atoms with Crippen LogP contribution in [0.4, 0.5) is 0 Å². The van der Waals surface area contributed by atoms with Gasteiger partial charge < -0.3 is 9.47 Å². The van der Waals surface area contributed by atoms with Crippen molar-refractivity contribution < 1.29 is 14.3 Å². The smallest absolute Gasteiger partial charge is 0.240 e.